The van der Waals surface area contributed by atoms with Crippen LogP contribution in [0.25, 0.3) is 0 Å². The summed E-state index contributed by atoms with van der Waals surface area (Å²) < 4.78 is 6.79. The SMILES string of the molecule is CCOC(=O)c1cc(NC(C)Cn2cccn2)ncc1N. The van der Waals surface area contributed by atoms with Gasteiger partial charge >= 0.3 is 5.97 Å². The Kier molecular flexibility index (Phi) is 4.76. The Morgan fingerprint density at radius 3 is 3.05 bits per heavy atom. The van der Waals surface area contributed by atoms with Gasteiger partial charge in [-0.3, -0.25) is 4.68 Å². The van der Waals surface area contributed by atoms with Gasteiger partial charge in [-0.1, -0.05) is 0 Å². The molecule has 0 fully saturated rings. The molecule has 1 atom stereocenters. The van der Waals surface area contributed by atoms with Crippen molar-refractivity contribution in [2.24, 2.45) is 0 Å². The van der Waals surface area contributed by atoms with Crippen molar-refractivity contribution in [3.05, 3.63) is 36.3 Å². The van der Waals surface area contributed by atoms with Gasteiger partial charge in [0.15, 0.2) is 0 Å². The number of ether oxygens (including phenoxy) is 1. The van der Waals surface area contributed by atoms with Crippen molar-refractivity contribution in [3.8, 4) is 0 Å². The number of hydrogen-bond acceptors (Lipinski definition) is 6. The van der Waals surface area contributed by atoms with E-state index >= 15 is 0 Å². The second-order valence-corrected chi connectivity index (χ2v) is 4.65. The van der Waals surface area contributed by atoms with Crippen LogP contribution >= 0.6 is 0 Å². The number of aromatic nitrogens is 3. The van der Waals surface area contributed by atoms with Gasteiger partial charge in [0.2, 0.25) is 0 Å². The molecule has 7 heteroatoms. The van der Waals surface area contributed by atoms with Crippen molar-refractivity contribution in [3.63, 3.8) is 0 Å². The lowest BCUT2D eigenvalue weighted by atomic mass is 10.2. The number of nitrogens with two attached hydrogens (primary N) is 1. The smallest absolute Gasteiger partial charge is 0.340 e. The molecule has 0 spiro atoms. The number of nitrogens with zero attached hydrogens (tertiary/aromatic N) is 3. The van der Waals surface area contributed by atoms with Crippen molar-refractivity contribution < 1.29 is 9.53 Å². The van der Waals surface area contributed by atoms with Gasteiger partial charge in [-0.15, -0.1) is 0 Å². The molecule has 0 saturated heterocycles. The van der Waals surface area contributed by atoms with Gasteiger partial charge in [-0.25, -0.2) is 9.78 Å². The number of nitrogen functional groups attached to an aromatic ring is 1. The maximum atomic E-state index is 11.8. The van der Waals surface area contributed by atoms with Crippen LogP contribution in [0.5, 0.6) is 0 Å². The summed E-state index contributed by atoms with van der Waals surface area (Å²) in [7, 11) is 0. The molecule has 2 rings (SSSR count). The standard InChI is InChI=1S/C14H19N5O2/c1-3-21-14(20)11-7-13(16-8-12(11)15)18-10(2)9-19-6-4-5-17-19/h4-8,10H,3,9,15H2,1-2H3,(H,16,18). The van der Waals surface area contributed by atoms with Gasteiger partial charge in [0.25, 0.3) is 0 Å². The molecule has 0 saturated carbocycles. The number of rotatable bonds is 6. The zero-order chi connectivity index (χ0) is 15.2. The second-order valence-electron chi connectivity index (χ2n) is 4.65. The highest BCUT2D eigenvalue weighted by atomic mass is 16.5. The van der Waals surface area contributed by atoms with Crippen molar-refractivity contribution in [1.29, 1.82) is 0 Å². The number of hydrogen-bond donors (Lipinski definition) is 2. The molecular formula is C14H19N5O2. The van der Waals surface area contributed by atoms with Crippen LogP contribution < -0.4 is 11.1 Å². The Morgan fingerprint density at radius 2 is 2.38 bits per heavy atom. The van der Waals surface area contributed by atoms with E-state index in [2.05, 4.69) is 15.4 Å². The summed E-state index contributed by atoms with van der Waals surface area (Å²) in [6.45, 7) is 4.75. The highest BCUT2D eigenvalue weighted by Gasteiger charge is 2.13. The predicted molar refractivity (Wildman–Crippen MR) is 79.9 cm³/mol. The lowest BCUT2D eigenvalue weighted by Crippen LogP contribution is -2.23. The van der Waals surface area contributed by atoms with Gasteiger partial charge < -0.3 is 15.8 Å². The molecule has 0 amide bonds. The molecule has 21 heavy (non-hydrogen) atoms. The molecule has 2 aromatic heterocycles. The largest absolute Gasteiger partial charge is 0.462 e. The van der Waals surface area contributed by atoms with E-state index in [-0.39, 0.29) is 6.04 Å². The minimum atomic E-state index is -0.444. The van der Waals surface area contributed by atoms with Crippen LogP contribution in [0.15, 0.2) is 30.7 Å². The number of pyridine rings is 1. The first kappa shape index (κ1) is 14.8. The highest BCUT2D eigenvalue weighted by Crippen LogP contribution is 2.16. The fourth-order valence-corrected chi connectivity index (χ4v) is 1.92. The van der Waals surface area contributed by atoms with E-state index in [0.717, 1.165) is 0 Å². The van der Waals surface area contributed by atoms with E-state index in [4.69, 9.17) is 10.5 Å². The fourth-order valence-electron chi connectivity index (χ4n) is 1.92. The van der Waals surface area contributed by atoms with Gasteiger partial charge in [-0.05, 0) is 26.0 Å². The zero-order valence-corrected chi connectivity index (χ0v) is 12.1. The van der Waals surface area contributed by atoms with E-state index < -0.39 is 5.97 Å². The van der Waals surface area contributed by atoms with Crippen molar-refractivity contribution in [2.45, 2.75) is 26.4 Å². The van der Waals surface area contributed by atoms with Gasteiger partial charge in [0.05, 0.1) is 30.6 Å². The molecule has 0 aliphatic carbocycles. The Hall–Kier alpha value is -2.57. The number of anilines is 2. The second kappa shape index (κ2) is 6.74. The monoisotopic (exact) mass is 289 g/mol. The first-order chi connectivity index (χ1) is 10.1. The summed E-state index contributed by atoms with van der Waals surface area (Å²) in [4.78, 5) is 16.0. The molecule has 2 aromatic rings. The summed E-state index contributed by atoms with van der Waals surface area (Å²) in [5.41, 5.74) is 6.38. The van der Waals surface area contributed by atoms with E-state index in [1.165, 1.54) is 6.20 Å². The van der Waals surface area contributed by atoms with E-state index in [0.29, 0.717) is 30.2 Å². The molecule has 2 heterocycles. The van der Waals surface area contributed by atoms with Crippen LogP contribution in [-0.2, 0) is 11.3 Å². The Bertz CT molecular complexity index is 597. The third-order valence-corrected chi connectivity index (χ3v) is 2.84. The lowest BCUT2D eigenvalue weighted by Gasteiger charge is -2.15. The van der Waals surface area contributed by atoms with Crippen molar-refractivity contribution in [2.75, 3.05) is 17.7 Å². The predicted octanol–water partition coefficient (Wildman–Crippen LogP) is 1.54. The van der Waals surface area contributed by atoms with Crippen molar-refractivity contribution >= 4 is 17.5 Å². The molecule has 0 aromatic carbocycles. The van der Waals surface area contributed by atoms with Gasteiger partial charge in [-0.2, -0.15) is 5.10 Å². The summed E-state index contributed by atoms with van der Waals surface area (Å²) >= 11 is 0. The molecule has 7 nitrogen and oxygen atoms in total. The maximum absolute atomic E-state index is 11.8. The van der Waals surface area contributed by atoms with Crippen LogP contribution in [0.3, 0.4) is 0 Å². The number of nitrogens with one attached hydrogen (secondary N) is 1. The Labute approximate surface area is 123 Å². The topological polar surface area (TPSA) is 95.1 Å². The van der Waals surface area contributed by atoms with Gasteiger partial charge in [0.1, 0.15) is 5.82 Å². The van der Waals surface area contributed by atoms with E-state index in [1.807, 2.05) is 23.9 Å². The molecule has 0 aliphatic rings. The average molecular weight is 289 g/mol. The van der Waals surface area contributed by atoms with Crippen LogP contribution in [0.2, 0.25) is 0 Å². The van der Waals surface area contributed by atoms with Crippen LogP contribution in [0, 0.1) is 0 Å². The Morgan fingerprint density at radius 1 is 1.57 bits per heavy atom. The zero-order valence-electron chi connectivity index (χ0n) is 12.1. The molecule has 0 radical (unpaired) electrons. The van der Waals surface area contributed by atoms with Crippen LogP contribution in [0.4, 0.5) is 11.5 Å². The van der Waals surface area contributed by atoms with E-state index in [9.17, 15) is 4.79 Å². The quantitative estimate of drug-likeness (QED) is 0.783. The minimum absolute atomic E-state index is 0.0936. The fraction of sp³-hybridized carbons (Fsp3) is 0.357. The van der Waals surface area contributed by atoms with Gasteiger partial charge in [0, 0.05) is 18.4 Å². The molecule has 3 N–H and O–H groups in total. The first-order valence-corrected chi connectivity index (χ1v) is 6.76. The molecule has 0 aliphatic heterocycles. The normalized spacial score (nSPS) is 11.9. The lowest BCUT2D eigenvalue weighted by molar-refractivity contribution is 0.0527. The first-order valence-electron chi connectivity index (χ1n) is 6.76. The average Bonchev–Trinajstić information content (AvgIpc) is 2.94. The summed E-state index contributed by atoms with van der Waals surface area (Å²) in [5, 5.41) is 7.35. The molecule has 1 unspecified atom stereocenters. The van der Waals surface area contributed by atoms with Crippen LogP contribution in [-0.4, -0.2) is 33.4 Å². The molecular weight excluding hydrogens is 270 g/mol. The highest BCUT2D eigenvalue weighted by molar-refractivity contribution is 5.95. The number of carbonyl (C=O) groups is 1. The third-order valence-electron chi connectivity index (χ3n) is 2.84. The number of carbonyl (C=O) groups excluding carboxylic acids is 1. The number of esters is 1. The maximum Gasteiger partial charge on any atom is 0.340 e. The van der Waals surface area contributed by atoms with E-state index in [1.54, 1.807) is 19.2 Å². The van der Waals surface area contributed by atoms with Crippen LogP contribution in [0.1, 0.15) is 24.2 Å². The summed E-state index contributed by atoms with van der Waals surface area (Å²) in [5.74, 6) is 0.132. The van der Waals surface area contributed by atoms with Crippen molar-refractivity contribution in [1.82, 2.24) is 14.8 Å². The minimum Gasteiger partial charge on any atom is -0.462 e. The molecule has 0 bridgehead atoms. The summed E-state index contributed by atoms with van der Waals surface area (Å²) in [6.07, 6.45) is 5.07. The third kappa shape index (κ3) is 3.95. The molecule has 112 valence electrons. The summed E-state index contributed by atoms with van der Waals surface area (Å²) in [6, 6.07) is 3.57. The Balaban J connectivity index is 2.06.